The average Bonchev–Trinajstić information content (AvgIpc) is 2.28. The average molecular weight is 303 g/mol. The first kappa shape index (κ1) is 13.6. The molecule has 92 valence electrons. The van der Waals surface area contributed by atoms with Crippen LogP contribution in [0.2, 0.25) is 0 Å². The molecule has 2 amide bonds. The van der Waals surface area contributed by atoms with Gasteiger partial charge in [0.2, 0.25) is 5.91 Å². The third kappa shape index (κ3) is 3.81. The lowest BCUT2D eigenvalue weighted by Crippen LogP contribution is -2.36. The molecular weight excluding hydrogens is 291 g/mol. The second kappa shape index (κ2) is 5.77. The minimum absolute atomic E-state index is 0.0917. The highest BCUT2D eigenvalue weighted by atomic mass is 79.9. The van der Waals surface area contributed by atoms with E-state index in [0.29, 0.717) is 4.47 Å². The molecule has 6 heteroatoms. The number of benzene rings is 1. The van der Waals surface area contributed by atoms with Gasteiger partial charge in [-0.05, 0) is 18.2 Å². The summed E-state index contributed by atoms with van der Waals surface area (Å²) in [4.78, 5) is 24.2. The van der Waals surface area contributed by atoms with Gasteiger partial charge < -0.3 is 10.2 Å². The van der Waals surface area contributed by atoms with Gasteiger partial charge in [0.05, 0.1) is 12.1 Å². The maximum atomic E-state index is 13.3. The third-order valence-corrected chi connectivity index (χ3v) is 2.57. The van der Waals surface area contributed by atoms with E-state index in [1.165, 1.54) is 23.1 Å². The second-order valence-corrected chi connectivity index (χ2v) is 4.51. The summed E-state index contributed by atoms with van der Waals surface area (Å²) in [6.07, 6.45) is 0. The highest BCUT2D eigenvalue weighted by molar-refractivity contribution is 9.10. The number of hydrogen-bond acceptors (Lipinski definition) is 2. The van der Waals surface area contributed by atoms with Gasteiger partial charge in [0.1, 0.15) is 5.82 Å². The standard InChI is InChI=1S/C11H12BrFN2O2/c1-15(2)10(16)6-14-11(17)8-5-7(12)3-4-9(8)13/h3-5H,6H2,1-2H3,(H,14,17). The van der Waals surface area contributed by atoms with Gasteiger partial charge in [-0.2, -0.15) is 0 Å². The molecule has 0 atom stereocenters. The zero-order valence-corrected chi connectivity index (χ0v) is 11.0. The summed E-state index contributed by atoms with van der Waals surface area (Å²) >= 11 is 3.15. The smallest absolute Gasteiger partial charge is 0.254 e. The molecule has 1 aromatic carbocycles. The Balaban J connectivity index is 2.70. The van der Waals surface area contributed by atoms with E-state index in [1.807, 2.05) is 0 Å². The van der Waals surface area contributed by atoms with Gasteiger partial charge in [-0.1, -0.05) is 15.9 Å². The maximum absolute atomic E-state index is 13.3. The molecule has 0 saturated heterocycles. The molecule has 0 heterocycles. The molecule has 4 nitrogen and oxygen atoms in total. The molecule has 0 aliphatic carbocycles. The zero-order valence-electron chi connectivity index (χ0n) is 9.46. The molecule has 0 aliphatic rings. The van der Waals surface area contributed by atoms with Crippen LogP contribution in [0.1, 0.15) is 10.4 Å². The highest BCUT2D eigenvalue weighted by Crippen LogP contribution is 2.15. The molecule has 0 aliphatic heterocycles. The Morgan fingerprint density at radius 2 is 2.06 bits per heavy atom. The predicted molar refractivity (Wildman–Crippen MR) is 65.1 cm³/mol. The summed E-state index contributed by atoms with van der Waals surface area (Å²) in [6.45, 7) is -0.155. The van der Waals surface area contributed by atoms with Crippen molar-refractivity contribution in [2.24, 2.45) is 0 Å². The summed E-state index contributed by atoms with van der Waals surface area (Å²) in [7, 11) is 3.16. The normalized spacial score (nSPS) is 9.88. The summed E-state index contributed by atoms with van der Waals surface area (Å²) in [5, 5.41) is 2.36. The number of carbonyl (C=O) groups is 2. The molecule has 0 radical (unpaired) electrons. The van der Waals surface area contributed by atoms with Gasteiger partial charge in [0, 0.05) is 18.6 Å². The van der Waals surface area contributed by atoms with Crippen molar-refractivity contribution < 1.29 is 14.0 Å². The molecule has 1 rings (SSSR count). The number of rotatable bonds is 3. The molecule has 1 N–H and O–H groups in total. The van der Waals surface area contributed by atoms with Gasteiger partial charge in [-0.25, -0.2) is 4.39 Å². The van der Waals surface area contributed by atoms with E-state index in [4.69, 9.17) is 0 Å². The van der Waals surface area contributed by atoms with Crippen molar-refractivity contribution in [3.63, 3.8) is 0 Å². The number of carbonyl (C=O) groups excluding carboxylic acids is 2. The Kier molecular flexibility index (Phi) is 4.62. The van der Waals surface area contributed by atoms with Crippen molar-refractivity contribution in [3.05, 3.63) is 34.1 Å². The third-order valence-electron chi connectivity index (χ3n) is 2.07. The number of amides is 2. The molecule has 0 saturated carbocycles. The van der Waals surface area contributed by atoms with Crippen LogP contribution in [0.3, 0.4) is 0 Å². The van der Waals surface area contributed by atoms with Crippen LogP contribution in [-0.2, 0) is 4.79 Å². The molecule has 0 spiro atoms. The minimum atomic E-state index is -0.622. The van der Waals surface area contributed by atoms with Crippen LogP contribution in [0.5, 0.6) is 0 Å². The van der Waals surface area contributed by atoms with Gasteiger partial charge >= 0.3 is 0 Å². The lowest BCUT2D eigenvalue weighted by Gasteiger charge is -2.11. The van der Waals surface area contributed by atoms with Gasteiger partial charge in [0.15, 0.2) is 0 Å². The van der Waals surface area contributed by atoms with E-state index >= 15 is 0 Å². The fourth-order valence-corrected chi connectivity index (χ4v) is 1.44. The molecule has 0 aromatic heterocycles. The van der Waals surface area contributed by atoms with Crippen molar-refractivity contribution in [3.8, 4) is 0 Å². The molecule has 0 unspecified atom stereocenters. The van der Waals surface area contributed by atoms with E-state index in [-0.39, 0.29) is 18.0 Å². The van der Waals surface area contributed by atoms with Crippen molar-refractivity contribution in [1.29, 1.82) is 0 Å². The van der Waals surface area contributed by atoms with Crippen LogP contribution in [0.4, 0.5) is 4.39 Å². The maximum Gasteiger partial charge on any atom is 0.254 e. The zero-order chi connectivity index (χ0) is 13.0. The first-order chi connectivity index (χ1) is 7.91. The quantitative estimate of drug-likeness (QED) is 0.918. The Labute approximate surface area is 107 Å². The van der Waals surface area contributed by atoms with Gasteiger partial charge in [0.25, 0.3) is 5.91 Å². The van der Waals surface area contributed by atoms with Crippen molar-refractivity contribution in [2.75, 3.05) is 20.6 Å². The number of nitrogens with zero attached hydrogens (tertiary/aromatic N) is 1. The van der Waals surface area contributed by atoms with Gasteiger partial charge in [-0.3, -0.25) is 9.59 Å². The highest BCUT2D eigenvalue weighted by Gasteiger charge is 2.13. The lowest BCUT2D eigenvalue weighted by atomic mass is 10.2. The number of halogens is 2. The fourth-order valence-electron chi connectivity index (χ4n) is 1.08. The first-order valence-corrected chi connectivity index (χ1v) is 5.64. The van der Waals surface area contributed by atoms with E-state index in [2.05, 4.69) is 21.2 Å². The summed E-state index contributed by atoms with van der Waals surface area (Å²) in [5.41, 5.74) is -0.0917. The van der Waals surface area contributed by atoms with Crippen LogP contribution in [-0.4, -0.2) is 37.4 Å². The Morgan fingerprint density at radius 1 is 1.41 bits per heavy atom. The van der Waals surface area contributed by atoms with E-state index in [9.17, 15) is 14.0 Å². The molecule has 0 fully saturated rings. The lowest BCUT2D eigenvalue weighted by molar-refractivity contribution is -0.127. The number of likely N-dealkylation sites (N-methyl/N-ethyl adjacent to an activating group) is 1. The first-order valence-electron chi connectivity index (χ1n) is 4.85. The topological polar surface area (TPSA) is 49.4 Å². The van der Waals surface area contributed by atoms with E-state index in [1.54, 1.807) is 14.1 Å². The Bertz CT molecular complexity index is 449. The monoisotopic (exact) mass is 302 g/mol. The van der Waals surface area contributed by atoms with Crippen molar-refractivity contribution >= 4 is 27.7 Å². The van der Waals surface area contributed by atoms with Crippen molar-refractivity contribution in [1.82, 2.24) is 10.2 Å². The summed E-state index contributed by atoms with van der Waals surface area (Å²) < 4.78 is 13.9. The van der Waals surface area contributed by atoms with E-state index < -0.39 is 11.7 Å². The summed E-state index contributed by atoms with van der Waals surface area (Å²) in [5.74, 6) is -1.49. The number of nitrogens with one attached hydrogen (secondary N) is 1. The molecular formula is C11H12BrFN2O2. The predicted octanol–water partition coefficient (Wildman–Crippen LogP) is 1.41. The van der Waals surface area contributed by atoms with E-state index in [0.717, 1.165) is 0 Å². The fraction of sp³-hybridized carbons (Fsp3) is 0.273. The minimum Gasteiger partial charge on any atom is -0.347 e. The van der Waals surface area contributed by atoms with Crippen molar-refractivity contribution in [2.45, 2.75) is 0 Å². The molecule has 17 heavy (non-hydrogen) atoms. The molecule has 1 aromatic rings. The van der Waals surface area contributed by atoms with Crippen LogP contribution in [0, 0.1) is 5.82 Å². The largest absolute Gasteiger partial charge is 0.347 e. The van der Waals surface area contributed by atoms with Crippen LogP contribution in [0.25, 0.3) is 0 Å². The molecule has 0 bridgehead atoms. The summed E-state index contributed by atoms with van der Waals surface area (Å²) in [6, 6.07) is 4.05. The van der Waals surface area contributed by atoms with Crippen LogP contribution in [0.15, 0.2) is 22.7 Å². The van der Waals surface area contributed by atoms with Crippen LogP contribution < -0.4 is 5.32 Å². The second-order valence-electron chi connectivity index (χ2n) is 3.60. The number of hydrogen-bond donors (Lipinski definition) is 1. The Hall–Kier alpha value is -1.43. The Morgan fingerprint density at radius 3 is 2.65 bits per heavy atom. The SMILES string of the molecule is CN(C)C(=O)CNC(=O)c1cc(Br)ccc1F. The van der Waals surface area contributed by atoms with Crippen LogP contribution >= 0.6 is 15.9 Å². The van der Waals surface area contributed by atoms with Gasteiger partial charge in [-0.15, -0.1) is 0 Å².